The third kappa shape index (κ3) is 6.84. The molecule has 0 saturated carbocycles. The van der Waals surface area contributed by atoms with Crippen molar-refractivity contribution < 1.29 is 29.4 Å². The zero-order valence-electron chi connectivity index (χ0n) is 15.1. The Morgan fingerprint density at radius 3 is 1.04 bits per heavy atom. The number of hydrogen-bond acceptors (Lipinski definition) is 4. The lowest BCUT2D eigenvalue weighted by atomic mass is 10.1. The van der Waals surface area contributed by atoms with Crippen molar-refractivity contribution in [3.05, 3.63) is 35.4 Å². The molecule has 6 heteroatoms. The normalized spacial score (nSPS) is 12.6. The van der Waals surface area contributed by atoms with Gasteiger partial charge in [0.05, 0.1) is 40.5 Å². The lowest BCUT2D eigenvalue weighted by molar-refractivity contribution is -0.923. The second-order valence-corrected chi connectivity index (χ2v) is 7.16. The van der Waals surface area contributed by atoms with Crippen LogP contribution in [0.4, 0.5) is 0 Å². The molecule has 24 heavy (non-hydrogen) atoms. The molecule has 0 aliphatic heterocycles. The molecule has 0 aliphatic rings. The van der Waals surface area contributed by atoms with Crippen molar-refractivity contribution in [3.63, 3.8) is 0 Å². The monoisotopic (exact) mass is 342 g/mol. The first-order chi connectivity index (χ1) is 11.4. The highest BCUT2D eigenvalue weighted by Crippen LogP contribution is 2.16. The van der Waals surface area contributed by atoms with Crippen LogP contribution in [0.25, 0.3) is 0 Å². The maximum absolute atomic E-state index is 9.24. The van der Waals surface area contributed by atoms with Crippen molar-refractivity contribution in [1.29, 1.82) is 0 Å². The van der Waals surface area contributed by atoms with Gasteiger partial charge in [-0.2, -0.15) is 0 Å². The molecule has 1 rings (SSSR count). The predicted octanol–water partition coefficient (Wildman–Crippen LogP) is -0.451. The maximum atomic E-state index is 9.24. The maximum Gasteiger partial charge on any atom is 0.104 e. The smallest absolute Gasteiger partial charge is 0.104 e. The van der Waals surface area contributed by atoms with Gasteiger partial charge in [-0.1, -0.05) is 24.3 Å². The summed E-state index contributed by atoms with van der Waals surface area (Å²) in [5.41, 5.74) is 2.34. The molecule has 0 aromatic heterocycles. The fraction of sp³-hybridized carbons (Fsp3) is 0.667. The van der Waals surface area contributed by atoms with Crippen LogP contribution in [0.1, 0.15) is 11.1 Å². The summed E-state index contributed by atoms with van der Waals surface area (Å²) in [6.07, 6.45) is 0. The summed E-state index contributed by atoms with van der Waals surface area (Å²) in [6, 6.07) is 8.34. The quantitative estimate of drug-likeness (QED) is 0.388. The van der Waals surface area contributed by atoms with Crippen molar-refractivity contribution in [2.75, 3.05) is 66.7 Å². The molecule has 0 atom stereocenters. The Morgan fingerprint density at radius 1 is 0.583 bits per heavy atom. The lowest BCUT2D eigenvalue weighted by Gasteiger charge is -2.34. The first-order valence-corrected chi connectivity index (χ1v) is 8.59. The average molecular weight is 342 g/mol. The molecule has 0 unspecified atom stereocenters. The molecule has 0 bridgehead atoms. The van der Waals surface area contributed by atoms with Crippen LogP contribution in [0.3, 0.4) is 0 Å². The van der Waals surface area contributed by atoms with Crippen molar-refractivity contribution >= 4 is 0 Å². The van der Waals surface area contributed by atoms with Crippen LogP contribution in [-0.2, 0) is 13.1 Å². The Bertz CT molecular complexity index is 410. The molecule has 0 aliphatic carbocycles. The number of benzene rings is 1. The van der Waals surface area contributed by atoms with Crippen molar-refractivity contribution in [1.82, 2.24) is 0 Å². The summed E-state index contributed by atoms with van der Waals surface area (Å²) < 4.78 is 1.21. The third-order valence-electron chi connectivity index (χ3n) is 4.71. The van der Waals surface area contributed by atoms with Crippen LogP contribution >= 0.6 is 0 Å². The van der Waals surface area contributed by atoms with Crippen molar-refractivity contribution in [3.8, 4) is 0 Å². The van der Waals surface area contributed by atoms with E-state index < -0.39 is 0 Å². The molecule has 0 spiro atoms. The first kappa shape index (κ1) is 21.0. The van der Waals surface area contributed by atoms with Crippen LogP contribution in [0.15, 0.2) is 24.3 Å². The van der Waals surface area contributed by atoms with Crippen LogP contribution in [0, 0.1) is 0 Å². The van der Waals surface area contributed by atoms with Gasteiger partial charge >= 0.3 is 0 Å². The number of hydrogen-bond donors (Lipinski definition) is 4. The molecular formula is C18H34N2O4+2. The van der Waals surface area contributed by atoms with E-state index >= 15 is 0 Å². The van der Waals surface area contributed by atoms with Gasteiger partial charge in [0.1, 0.15) is 39.3 Å². The Morgan fingerprint density at radius 2 is 0.833 bits per heavy atom. The molecule has 1 aromatic rings. The Kier molecular flexibility index (Phi) is 8.83. The molecule has 4 N–H and O–H groups in total. The van der Waals surface area contributed by atoms with E-state index in [1.807, 2.05) is 14.1 Å². The summed E-state index contributed by atoms with van der Waals surface area (Å²) in [5, 5.41) is 37.0. The SMILES string of the molecule is C[N+](CCO)(CCO)Cc1ccc(C[N+](C)(CCO)CCO)cc1. The lowest BCUT2D eigenvalue weighted by Crippen LogP contribution is -2.47. The third-order valence-corrected chi connectivity index (χ3v) is 4.71. The Hall–Kier alpha value is -1.02. The molecule has 0 amide bonds. The molecular weight excluding hydrogens is 308 g/mol. The van der Waals surface area contributed by atoms with Crippen LogP contribution in [0.2, 0.25) is 0 Å². The number of aliphatic hydroxyl groups is 4. The van der Waals surface area contributed by atoms with E-state index in [9.17, 15) is 20.4 Å². The van der Waals surface area contributed by atoms with Gasteiger partial charge in [0.2, 0.25) is 0 Å². The standard InChI is InChI=1S/C18H34N2O4/c1-19(7-11-21,8-12-22)15-17-3-5-18(6-4-17)16-20(2,9-13-23)10-14-24/h3-6,21-24H,7-16H2,1-2H3/q+2. The first-order valence-electron chi connectivity index (χ1n) is 8.59. The molecule has 1 aromatic carbocycles. The number of aliphatic hydroxyl groups excluding tert-OH is 4. The highest BCUT2D eigenvalue weighted by atomic mass is 16.3. The zero-order chi connectivity index (χ0) is 18.1. The topological polar surface area (TPSA) is 80.9 Å². The van der Waals surface area contributed by atoms with Gasteiger partial charge < -0.3 is 29.4 Å². The van der Waals surface area contributed by atoms with E-state index in [4.69, 9.17) is 0 Å². The van der Waals surface area contributed by atoms with E-state index in [0.29, 0.717) is 35.1 Å². The summed E-state index contributed by atoms with van der Waals surface area (Å²) in [6.45, 7) is 4.41. The van der Waals surface area contributed by atoms with Gasteiger partial charge in [-0.25, -0.2) is 0 Å². The summed E-state index contributed by atoms with van der Waals surface area (Å²) in [5.74, 6) is 0. The molecule has 6 nitrogen and oxygen atoms in total. The van der Waals surface area contributed by atoms with Gasteiger partial charge in [-0.05, 0) is 0 Å². The summed E-state index contributed by atoms with van der Waals surface area (Å²) in [7, 11) is 4.08. The number of quaternary nitrogens is 2. The van der Waals surface area contributed by atoms with Crippen molar-refractivity contribution in [2.24, 2.45) is 0 Å². The van der Waals surface area contributed by atoms with Crippen molar-refractivity contribution in [2.45, 2.75) is 13.1 Å². The fourth-order valence-electron chi connectivity index (χ4n) is 3.14. The van der Waals surface area contributed by atoms with Crippen LogP contribution in [0.5, 0.6) is 0 Å². The minimum absolute atomic E-state index is 0.104. The molecule has 0 heterocycles. The van der Waals surface area contributed by atoms with E-state index in [1.165, 1.54) is 11.1 Å². The minimum Gasteiger partial charge on any atom is -0.391 e. The Balaban J connectivity index is 2.77. The van der Waals surface area contributed by atoms with Crippen LogP contribution < -0.4 is 0 Å². The van der Waals surface area contributed by atoms with Gasteiger partial charge in [0, 0.05) is 11.1 Å². The van der Waals surface area contributed by atoms with E-state index in [1.54, 1.807) is 0 Å². The Labute approximate surface area is 145 Å². The van der Waals surface area contributed by atoms with Gasteiger partial charge in [-0.15, -0.1) is 0 Å². The zero-order valence-corrected chi connectivity index (χ0v) is 15.1. The predicted molar refractivity (Wildman–Crippen MR) is 94.0 cm³/mol. The average Bonchev–Trinajstić information content (AvgIpc) is 2.50. The molecule has 0 fully saturated rings. The highest BCUT2D eigenvalue weighted by molar-refractivity contribution is 5.21. The molecule has 0 saturated heterocycles. The number of rotatable bonds is 12. The van der Waals surface area contributed by atoms with Gasteiger partial charge in [-0.3, -0.25) is 0 Å². The second kappa shape index (κ2) is 10.1. The molecule has 138 valence electrons. The minimum atomic E-state index is 0.104. The van der Waals surface area contributed by atoms with Gasteiger partial charge in [0.15, 0.2) is 0 Å². The summed E-state index contributed by atoms with van der Waals surface area (Å²) >= 11 is 0. The highest BCUT2D eigenvalue weighted by Gasteiger charge is 2.23. The molecule has 0 radical (unpaired) electrons. The number of likely N-dealkylation sites (N-methyl/N-ethyl adjacent to an activating group) is 2. The summed E-state index contributed by atoms with van der Waals surface area (Å²) in [4.78, 5) is 0. The van der Waals surface area contributed by atoms with E-state index in [0.717, 1.165) is 13.1 Å². The van der Waals surface area contributed by atoms with E-state index in [-0.39, 0.29) is 26.4 Å². The van der Waals surface area contributed by atoms with Gasteiger partial charge in [0.25, 0.3) is 0 Å². The number of nitrogens with zero attached hydrogens (tertiary/aromatic N) is 2. The fourth-order valence-corrected chi connectivity index (χ4v) is 3.14. The largest absolute Gasteiger partial charge is 0.391 e. The van der Waals surface area contributed by atoms with Crippen LogP contribution in [-0.4, -0.2) is 96.1 Å². The second-order valence-electron chi connectivity index (χ2n) is 7.16. The van der Waals surface area contributed by atoms with E-state index in [2.05, 4.69) is 24.3 Å².